The van der Waals surface area contributed by atoms with Gasteiger partial charge in [-0.3, -0.25) is 0 Å². The standard InChI is InChI=1S/C19H22F3NO/c20-19(21,22)24-15-1-2-16-14(6-15)7-17(23-16)18-8-11-3-12(9-18)5-13(4-11)10-18/h1-2,6,11-13,17,23H,3-5,7-10H2. The van der Waals surface area contributed by atoms with Gasteiger partial charge in [0.05, 0.1) is 0 Å². The molecule has 24 heavy (non-hydrogen) atoms. The van der Waals surface area contributed by atoms with Crippen LogP contribution in [0, 0.1) is 23.2 Å². The zero-order valence-corrected chi connectivity index (χ0v) is 13.5. The molecule has 4 bridgehead atoms. The summed E-state index contributed by atoms with van der Waals surface area (Å²) in [6.45, 7) is 0. The van der Waals surface area contributed by atoms with Crippen LogP contribution in [-0.4, -0.2) is 12.4 Å². The van der Waals surface area contributed by atoms with Crippen molar-refractivity contribution in [2.75, 3.05) is 5.32 Å². The quantitative estimate of drug-likeness (QED) is 0.807. The monoisotopic (exact) mass is 337 g/mol. The van der Waals surface area contributed by atoms with E-state index in [-0.39, 0.29) is 5.75 Å². The lowest BCUT2D eigenvalue weighted by Gasteiger charge is -2.59. The molecule has 2 nitrogen and oxygen atoms in total. The first kappa shape index (κ1) is 14.9. The van der Waals surface area contributed by atoms with Crippen LogP contribution in [0.1, 0.15) is 44.1 Å². The fourth-order valence-electron chi connectivity index (χ4n) is 6.51. The summed E-state index contributed by atoms with van der Waals surface area (Å²) in [5.74, 6) is 2.54. The third-order valence-electron chi connectivity index (χ3n) is 6.89. The minimum Gasteiger partial charge on any atom is -0.406 e. The van der Waals surface area contributed by atoms with Crippen LogP contribution >= 0.6 is 0 Å². The van der Waals surface area contributed by atoms with Gasteiger partial charge in [-0.05, 0) is 91.9 Å². The highest BCUT2D eigenvalue weighted by Gasteiger charge is 2.55. The van der Waals surface area contributed by atoms with Gasteiger partial charge in [-0.1, -0.05) is 0 Å². The fraction of sp³-hybridized carbons (Fsp3) is 0.684. The predicted octanol–water partition coefficient (Wildman–Crippen LogP) is 5.14. The smallest absolute Gasteiger partial charge is 0.406 e. The van der Waals surface area contributed by atoms with Crippen molar-refractivity contribution in [2.24, 2.45) is 23.2 Å². The van der Waals surface area contributed by atoms with Crippen molar-refractivity contribution in [3.8, 4) is 5.75 Å². The maximum atomic E-state index is 12.4. The lowest BCUT2D eigenvalue weighted by atomic mass is 9.47. The zero-order valence-electron chi connectivity index (χ0n) is 13.5. The van der Waals surface area contributed by atoms with Crippen LogP contribution in [0.25, 0.3) is 0 Å². The Balaban J connectivity index is 1.38. The Labute approximate surface area is 139 Å². The molecule has 4 aliphatic carbocycles. The molecular formula is C19H22F3NO. The van der Waals surface area contributed by atoms with Gasteiger partial charge in [-0.15, -0.1) is 13.2 Å². The van der Waals surface area contributed by atoms with E-state index in [0.717, 1.165) is 35.4 Å². The predicted molar refractivity (Wildman–Crippen MR) is 84.8 cm³/mol. The van der Waals surface area contributed by atoms with Crippen molar-refractivity contribution < 1.29 is 17.9 Å². The van der Waals surface area contributed by atoms with Crippen molar-refractivity contribution in [2.45, 2.75) is 57.3 Å². The van der Waals surface area contributed by atoms with Gasteiger partial charge < -0.3 is 10.1 Å². The van der Waals surface area contributed by atoms with Crippen LogP contribution < -0.4 is 10.1 Å². The number of ether oxygens (including phenoxy) is 1. The molecule has 0 radical (unpaired) electrons. The maximum absolute atomic E-state index is 12.4. The van der Waals surface area contributed by atoms with Crippen molar-refractivity contribution in [3.63, 3.8) is 0 Å². The topological polar surface area (TPSA) is 21.3 Å². The normalized spacial score (nSPS) is 39.6. The molecule has 0 spiro atoms. The van der Waals surface area contributed by atoms with Crippen LogP contribution in [-0.2, 0) is 6.42 Å². The Kier molecular flexibility index (Phi) is 3.00. The van der Waals surface area contributed by atoms with Crippen molar-refractivity contribution in [3.05, 3.63) is 23.8 Å². The zero-order chi connectivity index (χ0) is 16.5. The van der Waals surface area contributed by atoms with Crippen molar-refractivity contribution in [1.29, 1.82) is 0 Å². The van der Waals surface area contributed by atoms with Crippen LogP contribution in [0.15, 0.2) is 18.2 Å². The van der Waals surface area contributed by atoms with Crippen LogP contribution in [0.4, 0.5) is 18.9 Å². The number of alkyl halides is 3. The van der Waals surface area contributed by atoms with E-state index >= 15 is 0 Å². The molecular weight excluding hydrogens is 315 g/mol. The van der Waals surface area contributed by atoms with E-state index in [1.807, 2.05) is 0 Å². The highest BCUT2D eigenvalue weighted by atomic mass is 19.4. The minimum absolute atomic E-state index is 0.103. The summed E-state index contributed by atoms with van der Waals surface area (Å²) in [4.78, 5) is 0. The number of hydrogen-bond acceptors (Lipinski definition) is 2. The van der Waals surface area contributed by atoms with E-state index < -0.39 is 6.36 Å². The molecule has 1 atom stereocenters. The summed E-state index contributed by atoms with van der Waals surface area (Å²) in [5, 5.41) is 3.64. The van der Waals surface area contributed by atoms with Gasteiger partial charge in [0.25, 0.3) is 0 Å². The van der Waals surface area contributed by atoms with Crippen LogP contribution in [0.3, 0.4) is 0 Å². The Hall–Kier alpha value is -1.39. The number of nitrogens with one attached hydrogen (secondary N) is 1. The average Bonchev–Trinajstić information content (AvgIpc) is 2.88. The van der Waals surface area contributed by atoms with Gasteiger partial charge in [-0.2, -0.15) is 0 Å². The van der Waals surface area contributed by atoms with Crippen LogP contribution in [0.5, 0.6) is 5.75 Å². The fourth-order valence-corrected chi connectivity index (χ4v) is 6.51. The average molecular weight is 337 g/mol. The molecule has 1 aromatic carbocycles. The van der Waals surface area contributed by atoms with Crippen molar-refractivity contribution >= 4 is 5.69 Å². The van der Waals surface area contributed by atoms with Gasteiger partial charge in [0, 0.05) is 11.7 Å². The number of halogens is 3. The number of anilines is 1. The van der Waals surface area contributed by atoms with E-state index in [9.17, 15) is 13.2 Å². The minimum atomic E-state index is -4.63. The van der Waals surface area contributed by atoms with Crippen LogP contribution in [0.2, 0.25) is 0 Å². The molecule has 0 saturated heterocycles. The largest absolute Gasteiger partial charge is 0.573 e. The summed E-state index contributed by atoms with van der Waals surface area (Å²) in [7, 11) is 0. The molecule has 1 N–H and O–H groups in total. The van der Waals surface area contributed by atoms with E-state index in [2.05, 4.69) is 10.1 Å². The van der Waals surface area contributed by atoms with Gasteiger partial charge >= 0.3 is 6.36 Å². The molecule has 1 aromatic rings. The Morgan fingerprint density at radius 3 is 2.21 bits per heavy atom. The van der Waals surface area contributed by atoms with Gasteiger partial charge in [0.2, 0.25) is 0 Å². The Morgan fingerprint density at radius 1 is 1.00 bits per heavy atom. The number of benzene rings is 1. The molecule has 130 valence electrons. The summed E-state index contributed by atoms with van der Waals surface area (Å²) in [6, 6.07) is 5.11. The van der Waals surface area contributed by atoms with E-state index in [0.29, 0.717) is 11.5 Å². The second kappa shape index (κ2) is 4.83. The highest BCUT2D eigenvalue weighted by molar-refractivity contribution is 5.59. The molecule has 6 rings (SSSR count). The molecule has 5 aliphatic rings. The Bertz CT molecular complexity index is 634. The summed E-state index contributed by atoms with van der Waals surface area (Å²) >= 11 is 0. The molecule has 5 heteroatoms. The van der Waals surface area contributed by atoms with Gasteiger partial charge in [0.1, 0.15) is 5.75 Å². The molecule has 1 unspecified atom stereocenters. The summed E-state index contributed by atoms with van der Waals surface area (Å²) in [5.41, 5.74) is 2.32. The lowest BCUT2D eigenvalue weighted by Crippen LogP contribution is -2.53. The number of hydrogen-bond donors (Lipinski definition) is 1. The number of rotatable bonds is 2. The first-order valence-corrected chi connectivity index (χ1v) is 9.04. The molecule has 1 heterocycles. The molecule has 4 saturated carbocycles. The van der Waals surface area contributed by atoms with Gasteiger partial charge in [0.15, 0.2) is 0 Å². The lowest BCUT2D eigenvalue weighted by molar-refractivity contribution is -0.274. The first-order valence-electron chi connectivity index (χ1n) is 9.04. The SMILES string of the molecule is FC(F)(F)Oc1ccc2c(c1)CC(C13CC4CC(CC(C4)C1)C3)N2. The first-order chi connectivity index (χ1) is 11.4. The third kappa shape index (κ3) is 2.39. The number of fused-ring (bicyclic) bond motifs is 1. The third-order valence-corrected chi connectivity index (χ3v) is 6.89. The Morgan fingerprint density at radius 2 is 1.62 bits per heavy atom. The van der Waals surface area contributed by atoms with E-state index in [1.165, 1.54) is 44.6 Å². The molecule has 0 aromatic heterocycles. The second-order valence-corrected chi connectivity index (χ2v) is 8.55. The summed E-state index contributed by atoms with van der Waals surface area (Å²) < 4.78 is 41.4. The molecule has 0 amide bonds. The van der Waals surface area contributed by atoms with Gasteiger partial charge in [-0.25, -0.2) is 0 Å². The maximum Gasteiger partial charge on any atom is 0.573 e. The second-order valence-electron chi connectivity index (χ2n) is 8.55. The van der Waals surface area contributed by atoms with Crippen molar-refractivity contribution in [1.82, 2.24) is 0 Å². The highest BCUT2D eigenvalue weighted by Crippen LogP contribution is 2.62. The molecule has 4 fully saturated rings. The van der Waals surface area contributed by atoms with E-state index in [4.69, 9.17) is 0 Å². The summed E-state index contributed by atoms with van der Waals surface area (Å²) in [6.07, 6.45) is 4.33. The van der Waals surface area contributed by atoms with E-state index in [1.54, 1.807) is 12.1 Å². The molecule has 1 aliphatic heterocycles.